The third kappa shape index (κ3) is 6.28. The Morgan fingerprint density at radius 2 is 1.59 bits per heavy atom. The summed E-state index contributed by atoms with van der Waals surface area (Å²) in [5, 5.41) is 0. The average molecular weight is 526 g/mol. The maximum Gasteiger partial charge on any atom is 0.410 e. The third-order valence-corrected chi connectivity index (χ3v) is 8.13. The summed E-state index contributed by atoms with van der Waals surface area (Å²) in [5.41, 5.74) is 1.22. The molecular weight excluding hydrogens is 490 g/mol. The van der Waals surface area contributed by atoms with E-state index in [4.69, 9.17) is 9.47 Å². The molecule has 4 rings (SSSR count). The van der Waals surface area contributed by atoms with Gasteiger partial charge in [0.05, 0.1) is 18.6 Å². The molecule has 0 N–H and O–H groups in total. The van der Waals surface area contributed by atoms with E-state index in [1.54, 1.807) is 65.5 Å². The number of aromatic nitrogens is 1. The summed E-state index contributed by atoms with van der Waals surface area (Å²) in [6, 6.07) is 18.1. The lowest BCUT2D eigenvalue weighted by Gasteiger charge is -2.36. The van der Waals surface area contributed by atoms with E-state index >= 15 is 0 Å². The van der Waals surface area contributed by atoms with Gasteiger partial charge < -0.3 is 14.4 Å². The number of para-hydroxylation sites is 1. The highest BCUT2D eigenvalue weighted by molar-refractivity contribution is 7.92. The summed E-state index contributed by atoms with van der Waals surface area (Å²) in [6.45, 7) is 6.92. The van der Waals surface area contributed by atoms with Crippen LogP contribution in [0.25, 0.3) is 11.1 Å². The molecule has 1 aromatic heterocycles. The van der Waals surface area contributed by atoms with Crippen molar-refractivity contribution in [1.82, 2.24) is 9.58 Å². The van der Waals surface area contributed by atoms with E-state index in [-0.39, 0.29) is 16.9 Å². The van der Waals surface area contributed by atoms with E-state index in [0.29, 0.717) is 32.5 Å². The number of ether oxygens (including phenoxy) is 2. The van der Waals surface area contributed by atoms with Crippen LogP contribution in [-0.2, 0) is 14.8 Å². The van der Waals surface area contributed by atoms with Crippen LogP contribution in [0.3, 0.4) is 0 Å². The molecule has 1 saturated heterocycles. The van der Waals surface area contributed by atoms with Crippen molar-refractivity contribution in [2.75, 3.05) is 31.2 Å². The number of nitrogens with zero attached hydrogens (tertiary/aromatic N) is 3. The smallest absolute Gasteiger partial charge is 0.410 e. The van der Waals surface area contributed by atoms with Gasteiger partial charge in [-0.2, -0.15) is 8.42 Å². The fourth-order valence-electron chi connectivity index (χ4n) is 4.45. The Balaban J connectivity index is 1.51. The van der Waals surface area contributed by atoms with Gasteiger partial charge >= 0.3 is 6.09 Å². The van der Waals surface area contributed by atoms with Crippen LogP contribution in [0.1, 0.15) is 33.6 Å². The van der Waals surface area contributed by atoms with Crippen LogP contribution in [0.15, 0.2) is 78.0 Å². The van der Waals surface area contributed by atoms with Crippen LogP contribution >= 0.6 is 0 Å². The predicted molar refractivity (Wildman–Crippen MR) is 144 cm³/mol. The molecule has 2 aromatic carbocycles. The van der Waals surface area contributed by atoms with Gasteiger partial charge in [-0.15, -0.1) is 0 Å². The van der Waals surface area contributed by atoms with E-state index in [1.807, 2.05) is 45.0 Å². The van der Waals surface area contributed by atoms with Crippen LogP contribution < -0.4 is 9.15 Å². The number of carbonyl (C=O) groups excluding carboxylic acids is 1. The molecule has 0 bridgehead atoms. The van der Waals surface area contributed by atoms with E-state index < -0.39 is 15.6 Å². The summed E-state index contributed by atoms with van der Waals surface area (Å²) in [6.07, 6.45) is 4.53. The fourth-order valence-corrected chi connectivity index (χ4v) is 5.93. The van der Waals surface area contributed by atoms with E-state index in [1.165, 1.54) is 4.41 Å². The molecule has 0 aliphatic carbocycles. The third-order valence-electron chi connectivity index (χ3n) is 6.37. The minimum absolute atomic E-state index is 0.101. The van der Waals surface area contributed by atoms with Crippen LogP contribution in [0.5, 0.6) is 5.75 Å². The Bertz CT molecular complexity index is 1290. The molecule has 1 fully saturated rings. The molecule has 198 valence electrons. The van der Waals surface area contributed by atoms with Crippen LogP contribution in [-0.4, -0.2) is 56.4 Å². The highest BCUT2D eigenvalue weighted by Gasteiger charge is 2.32. The van der Waals surface area contributed by atoms with Gasteiger partial charge in [-0.1, -0.05) is 30.3 Å². The van der Waals surface area contributed by atoms with Crippen molar-refractivity contribution in [3.63, 3.8) is 0 Å². The zero-order chi connectivity index (χ0) is 26.6. The number of piperidine rings is 1. The maximum absolute atomic E-state index is 13.8. The number of likely N-dealkylation sites (tertiary alicyclic amines) is 1. The monoisotopic (exact) mass is 525 g/mol. The second-order valence-corrected chi connectivity index (χ2v) is 12.1. The van der Waals surface area contributed by atoms with Gasteiger partial charge in [0, 0.05) is 31.0 Å². The van der Waals surface area contributed by atoms with Crippen molar-refractivity contribution < 1.29 is 22.7 Å². The number of methoxy groups -OCH3 is 1. The average Bonchev–Trinajstić information content (AvgIpc) is 3.41. The van der Waals surface area contributed by atoms with Crippen molar-refractivity contribution in [2.45, 2.75) is 44.1 Å². The van der Waals surface area contributed by atoms with Crippen molar-refractivity contribution >= 4 is 16.1 Å². The molecule has 1 aliphatic rings. The number of carbonyl (C=O) groups is 1. The Kier molecular flexibility index (Phi) is 7.82. The predicted octanol–water partition coefficient (Wildman–Crippen LogP) is 5.14. The number of amides is 1. The molecule has 37 heavy (non-hydrogen) atoms. The normalized spacial score (nSPS) is 14.9. The maximum atomic E-state index is 13.8. The lowest BCUT2D eigenvalue weighted by molar-refractivity contribution is 0.0186. The Morgan fingerprint density at radius 3 is 2.19 bits per heavy atom. The van der Waals surface area contributed by atoms with Crippen molar-refractivity contribution in [3.05, 3.63) is 73.1 Å². The minimum atomic E-state index is -3.83. The lowest BCUT2D eigenvalue weighted by atomic mass is 9.97. The van der Waals surface area contributed by atoms with E-state index in [2.05, 4.69) is 0 Å². The van der Waals surface area contributed by atoms with Crippen LogP contribution in [0, 0.1) is 5.92 Å². The number of sulfonamides is 1. The topological polar surface area (TPSA) is 81.1 Å². The summed E-state index contributed by atoms with van der Waals surface area (Å²) in [4.78, 5) is 14.3. The van der Waals surface area contributed by atoms with Crippen LogP contribution in [0.2, 0.25) is 0 Å². The van der Waals surface area contributed by atoms with Crippen molar-refractivity contribution in [2.24, 2.45) is 5.92 Å². The zero-order valence-electron chi connectivity index (χ0n) is 21.8. The number of rotatable bonds is 7. The SMILES string of the molecule is COc1ccccc1-c1ccc(S(=O)(=O)N(CC2CCN(C(=O)OC(C)(C)C)CC2)n2cccc2)cc1. The summed E-state index contributed by atoms with van der Waals surface area (Å²) in [5.74, 6) is 0.827. The molecule has 0 saturated carbocycles. The molecular formula is C28H35N3O5S. The van der Waals surface area contributed by atoms with Gasteiger partial charge in [0.15, 0.2) is 0 Å². The van der Waals surface area contributed by atoms with Gasteiger partial charge in [-0.05, 0) is 75.4 Å². The fraction of sp³-hybridized carbons (Fsp3) is 0.393. The van der Waals surface area contributed by atoms with Gasteiger partial charge in [-0.25, -0.2) is 9.21 Å². The molecule has 0 radical (unpaired) electrons. The van der Waals surface area contributed by atoms with Gasteiger partial charge in [0.25, 0.3) is 10.0 Å². The Labute approximate surface area is 219 Å². The molecule has 3 aromatic rings. The van der Waals surface area contributed by atoms with Crippen LogP contribution in [0.4, 0.5) is 4.79 Å². The van der Waals surface area contributed by atoms with E-state index in [0.717, 1.165) is 16.9 Å². The summed E-state index contributed by atoms with van der Waals surface area (Å²) >= 11 is 0. The van der Waals surface area contributed by atoms with Crippen molar-refractivity contribution in [1.29, 1.82) is 0 Å². The molecule has 2 heterocycles. The first-order valence-corrected chi connectivity index (χ1v) is 13.9. The van der Waals surface area contributed by atoms with Gasteiger partial charge in [-0.3, -0.25) is 4.68 Å². The van der Waals surface area contributed by atoms with Gasteiger partial charge in [0.1, 0.15) is 11.4 Å². The second kappa shape index (κ2) is 10.9. The lowest BCUT2D eigenvalue weighted by Crippen LogP contribution is -2.47. The molecule has 1 aliphatic heterocycles. The van der Waals surface area contributed by atoms with E-state index in [9.17, 15) is 13.2 Å². The quantitative estimate of drug-likeness (QED) is 0.427. The first-order chi connectivity index (χ1) is 17.6. The number of benzene rings is 2. The zero-order valence-corrected chi connectivity index (χ0v) is 22.6. The highest BCUT2D eigenvalue weighted by atomic mass is 32.2. The summed E-state index contributed by atoms with van der Waals surface area (Å²) in [7, 11) is -2.22. The highest BCUT2D eigenvalue weighted by Crippen LogP contribution is 2.31. The largest absolute Gasteiger partial charge is 0.496 e. The number of hydrogen-bond acceptors (Lipinski definition) is 5. The van der Waals surface area contributed by atoms with Gasteiger partial charge in [0.2, 0.25) is 0 Å². The molecule has 9 heteroatoms. The molecule has 0 unspecified atom stereocenters. The summed E-state index contributed by atoms with van der Waals surface area (Å²) < 4.78 is 41.6. The molecule has 1 amide bonds. The number of hydrogen-bond donors (Lipinski definition) is 0. The first-order valence-electron chi connectivity index (χ1n) is 12.5. The molecule has 0 spiro atoms. The molecule has 0 atom stereocenters. The molecule has 8 nitrogen and oxygen atoms in total. The second-order valence-electron chi connectivity index (χ2n) is 10.2. The Morgan fingerprint density at radius 1 is 0.973 bits per heavy atom. The van der Waals surface area contributed by atoms with Crippen molar-refractivity contribution in [3.8, 4) is 16.9 Å². The standard InChI is InChI=1S/C28H35N3O5S/c1-28(2,3)36-27(32)29-19-15-22(16-20-29)21-31(30-17-7-8-18-30)37(33,34)24-13-11-23(12-14-24)25-9-5-6-10-26(25)35-4/h5-14,17-18,22H,15-16,19-21H2,1-4H3. The minimum Gasteiger partial charge on any atom is -0.496 e. The Hall–Kier alpha value is -3.46. The first kappa shape index (κ1) is 26.6.